The summed E-state index contributed by atoms with van der Waals surface area (Å²) in [7, 11) is 1.62. The van der Waals surface area contributed by atoms with Gasteiger partial charge in [-0.15, -0.1) is 11.8 Å². The molecule has 0 spiro atoms. The second-order valence-electron chi connectivity index (χ2n) is 4.41. The molecule has 2 unspecified atom stereocenters. The number of nitrogens with zero attached hydrogens (tertiary/aromatic N) is 1. The Morgan fingerprint density at radius 3 is 2.60 bits per heavy atom. The number of rotatable bonds is 7. The number of amides is 1. The highest BCUT2D eigenvalue weighted by Gasteiger charge is 2.17. The van der Waals surface area contributed by atoms with E-state index in [1.54, 1.807) is 7.11 Å². The maximum atomic E-state index is 12.0. The van der Waals surface area contributed by atoms with E-state index >= 15 is 0 Å². The monoisotopic (exact) mass is 292 g/mol. The lowest BCUT2D eigenvalue weighted by Gasteiger charge is -2.15. The maximum Gasteiger partial charge on any atom is 0.234 e. The van der Waals surface area contributed by atoms with Crippen LogP contribution in [-0.2, 0) is 4.79 Å². The van der Waals surface area contributed by atoms with Crippen molar-refractivity contribution in [1.82, 2.24) is 5.32 Å². The predicted octanol–water partition coefficient (Wildman–Crippen LogP) is 2.98. The molecule has 0 aromatic heterocycles. The maximum absolute atomic E-state index is 12.0. The number of hydrogen-bond acceptors (Lipinski definition) is 4. The Labute approximate surface area is 124 Å². The van der Waals surface area contributed by atoms with Crippen LogP contribution in [0, 0.1) is 11.3 Å². The van der Waals surface area contributed by atoms with Gasteiger partial charge in [0.1, 0.15) is 11.8 Å². The zero-order valence-electron chi connectivity index (χ0n) is 12.1. The van der Waals surface area contributed by atoms with Crippen LogP contribution in [0.5, 0.6) is 5.75 Å². The molecule has 0 bridgehead atoms. The van der Waals surface area contributed by atoms with E-state index in [-0.39, 0.29) is 11.2 Å². The van der Waals surface area contributed by atoms with Crippen molar-refractivity contribution in [2.24, 2.45) is 0 Å². The third-order valence-electron chi connectivity index (χ3n) is 2.79. The molecule has 20 heavy (non-hydrogen) atoms. The zero-order valence-corrected chi connectivity index (χ0v) is 12.9. The fraction of sp³-hybridized carbons (Fsp3) is 0.467. The van der Waals surface area contributed by atoms with Crippen LogP contribution in [0.2, 0.25) is 0 Å². The normalized spacial score (nSPS) is 13.1. The van der Waals surface area contributed by atoms with Gasteiger partial charge in [-0.1, -0.05) is 13.3 Å². The summed E-state index contributed by atoms with van der Waals surface area (Å²) in [6.45, 7) is 3.83. The molecule has 0 aliphatic rings. The number of carbonyl (C=O) groups excluding carboxylic acids is 1. The molecule has 0 saturated carbocycles. The van der Waals surface area contributed by atoms with Crippen LogP contribution in [0.4, 0.5) is 0 Å². The Balaban J connectivity index is 2.54. The van der Waals surface area contributed by atoms with Gasteiger partial charge in [0.25, 0.3) is 0 Å². The van der Waals surface area contributed by atoms with Crippen molar-refractivity contribution in [1.29, 1.82) is 5.26 Å². The van der Waals surface area contributed by atoms with Crippen LogP contribution < -0.4 is 10.1 Å². The van der Waals surface area contributed by atoms with E-state index in [4.69, 9.17) is 10.00 Å². The highest BCUT2D eigenvalue weighted by atomic mass is 32.2. The van der Waals surface area contributed by atoms with Gasteiger partial charge in [0, 0.05) is 4.90 Å². The molecule has 4 nitrogen and oxygen atoms in total. The molecule has 108 valence electrons. The number of ether oxygens (including phenoxy) is 1. The standard InChI is InChI=1S/C15H20N2O2S/c1-4-5-12(10-16)17-15(18)11(2)20-14-8-6-13(19-3)7-9-14/h6-9,11-12H,4-5H2,1-3H3,(H,17,18). The summed E-state index contributed by atoms with van der Waals surface area (Å²) in [5.74, 6) is 0.685. The highest BCUT2D eigenvalue weighted by Crippen LogP contribution is 2.25. The SMILES string of the molecule is CCCC(C#N)NC(=O)C(C)Sc1ccc(OC)cc1. The number of benzene rings is 1. The number of methoxy groups -OCH3 is 1. The molecule has 0 saturated heterocycles. The van der Waals surface area contributed by atoms with Crippen molar-refractivity contribution in [3.05, 3.63) is 24.3 Å². The quantitative estimate of drug-likeness (QED) is 0.785. The Bertz CT molecular complexity index is 468. The van der Waals surface area contributed by atoms with Gasteiger partial charge < -0.3 is 10.1 Å². The fourth-order valence-electron chi connectivity index (χ4n) is 1.66. The number of nitriles is 1. The molecule has 1 rings (SSSR count). The molecule has 1 aromatic rings. The van der Waals surface area contributed by atoms with E-state index in [1.165, 1.54) is 11.8 Å². The minimum atomic E-state index is -0.397. The first-order valence-corrected chi connectivity index (χ1v) is 7.49. The van der Waals surface area contributed by atoms with Gasteiger partial charge in [-0.25, -0.2) is 0 Å². The lowest BCUT2D eigenvalue weighted by Crippen LogP contribution is -2.38. The summed E-state index contributed by atoms with van der Waals surface area (Å²) in [5, 5.41) is 11.5. The molecule has 1 aromatic carbocycles. The molecule has 1 N–H and O–H groups in total. The third-order valence-corrected chi connectivity index (χ3v) is 3.90. The fourth-order valence-corrected chi connectivity index (χ4v) is 2.54. The number of hydrogen-bond donors (Lipinski definition) is 1. The van der Waals surface area contributed by atoms with Gasteiger partial charge in [-0.2, -0.15) is 5.26 Å². The highest BCUT2D eigenvalue weighted by molar-refractivity contribution is 8.00. The minimum Gasteiger partial charge on any atom is -0.497 e. The number of carbonyl (C=O) groups is 1. The van der Waals surface area contributed by atoms with E-state index in [9.17, 15) is 4.79 Å². The van der Waals surface area contributed by atoms with Crippen LogP contribution in [0.25, 0.3) is 0 Å². The second kappa shape index (κ2) is 8.49. The summed E-state index contributed by atoms with van der Waals surface area (Å²) in [6.07, 6.45) is 1.56. The lowest BCUT2D eigenvalue weighted by molar-refractivity contribution is -0.120. The Morgan fingerprint density at radius 1 is 1.45 bits per heavy atom. The molecular weight excluding hydrogens is 272 g/mol. The van der Waals surface area contributed by atoms with Crippen molar-refractivity contribution in [3.63, 3.8) is 0 Å². The summed E-state index contributed by atoms with van der Waals surface area (Å²) in [4.78, 5) is 13.0. The van der Waals surface area contributed by atoms with Gasteiger partial charge >= 0.3 is 0 Å². The van der Waals surface area contributed by atoms with Crippen molar-refractivity contribution >= 4 is 17.7 Å². The van der Waals surface area contributed by atoms with Gasteiger partial charge in [0.2, 0.25) is 5.91 Å². The summed E-state index contributed by atoms with van der Waals surface area (Å²) < 4.78 is 5.09. The minimum absolute atomic E-state index is 0.106. The van der Waals surface area contributed by atoms with Gasteiger partial charge in [0.15, 0.2) is 0 Å². The molecule has 0 fully saturated rings. The largest absolute Gasteiger partial charge is 0.497 e. The molecule has 1 amide bonds. The van der Waals surface area contributed by atoms with Crippen LogP contribution in [-0.4, -0.2) is 24.3 Å². The van der Waals surface area contributed by atoms with Crippen molar-refractivity contribution in [2.75, 3.05) is 7.11 Å². The lowest BCUT2D eigenvalue weighted by atomic mass is 10.2. The summed E-state index contributed by atoms with van der Waals surface area (Å²) in [5.41, 5.74) is 0. The molecule has 0 aliphatic heterocycles. The Kier molecular flexibility index (Phi) is 6.96. The first kappa shape index (κ1) is 16.4. The average Bonchev–Trinajstić information content (AvgIpc) is 2.47. The van der Waals surface area contributed by atoms with Gasteiger partial charge in [0.05, 0.1) is 18.4 Å². The molecule has 0 heterocycles. The molecule has 5 heteroatoms. The first-order valence-electron chi connectivity index (χ1n) is 6.61. The van der Waals surface area contributed by atoms with E-state index in [1.807, 2.05) is 38.1 Å². The molecule has 2 atom stereocenters. The van der Waals surface area contributed by atoms with E-state index in [0.29, 0.717) is 6.42 Å². The molecule has 0 radical (unpaired) electrons. The summed E-state index contributed by atoms with van der Waals surface area (Å²) >= 11 is 1.46. The van der Waals surface area contributed by atoms with Crippen molar-refractivity contribution < 1.29 is 9.53 Å². The van der Waals surface area contributed by atoms with E-state index in [0.717, 1.165) is 17.1 Å². The first-order chi connectivity index (χ1) is 9.60. The van der Waals surface area contributed by atoms with E-state index in [2.05, 4.69) is 11.4 Å². The van der Waals surface area contributed by atoms with Crippen LogP contribution in [0.1, 0.15) is 26.7 Å². The number of nitrogens with one attached hydrogen (secondary N) is 1. The van der Waals surface area contributed by atoms with Crippen LogP contribution in [0.15, 0.2) is 29.2 Å². The van der Waals surface area contributed by atoms with Gasteiger partial charge in [-0.3, -0.25) is 4.79 Å². The van der Waals surface area contributed by atoms with Crippen molar-refractivity contribution in [3.8, 4) is 11.8 Å². The van der Waals surface area contributed by atoms with Crippen LogP contribution >= 0.6 is 11.8 Å². The van der Waals surface area contributed by atoms with Crippen LogP contribution in [0.3, 0.4) is 0 Å². The Morgan fingerprint density at radius 2 is 2.10 bits per heavy atom. The predicted molar refractivity (Wildman–Crippen MR) is 80.8 cm³/mol. The average molecular weight is 292 g/mol. The molecule has 0 aliphatic carbocycles. The van der Waals surface area contributed by atoms with E-state index < -0.39 is 6.04 Å². The zero-order chi connectivity index (χ0) is 15.0. The Hall–Kier alpha value is -1.67. The smallest absolute Gasteiger partial charge is 0.234 e. The number of thioether (sulfide) groups is 1. The van der Waals surface area contributed by atoms with Crippen molar-refractivity contribution in [2.45, 2.75) is 42.9 Å². The topological polar surface area (TPSA) is 62.1 Å². The second-order valence-corrected chi connectivity index (χ2v) is 5.83. The van der Waals surface area contributed by atoms with Gasteiger partial charge in [-0.05, 0) is 37.6 Å². The third kappa shape index (κ3) is 5.14. The molecular formula is C15H20N2O2S. The summed E-state index contributed by atoms with van der Waals surface area (Å²) in [6, 6.07) is 9.28.